The lowest BCUT2D eigenvalue weighted by atomic mass is 10.3. The van der Waals surface area contributed by atoms with Crippen molar-refractivity contribution in [2.24, 2.45) is 0 Å². The van der Waals surface area contributed by atoms with Crippen LogP contribution in [0.1, 0.15) is 17.1 Å². The van der Waals surface area contributed by atoms with Crippen LogP contribution in [-0.4, -0.2) is 22.2 Å². The Bertz CT molecular complexity index is 348. The molecule has 0 bridgehead atoms. The van der Waals surface area contributed by atoms with Crippen molar-refractivity contribution in [3.05, 3.63) is 16.1 Å². The van der Waals surface area contributed by atoms with Crippen LogP contribution in [0.25, 0.3) is 0 Å². The number of carbonyl (C=O) groups is 1. The molecule has 0 fully saturated rings. The largest absolute Gasteiger partial charge is 0.481 e. The summed E-state index contributed by atoms with van der Waals surface area (Å²) in [5.41, 5.74) is 0.310. The predicted octanol–water partition coefficient (Wildman–Crippen LogP) is 2.27. The van der Waals surface area contributed by atoms with Crippen LogP contribution in [0.5, 0.6) is 0 Å². The topological polar surface area (TPSA) is 50.2 Å². The first-order valence-electron chi connectivity index (χ1n) is 4.08. The Balaban J connectivity index is 2.50. The van der Waals surface area contributed by atoms with E-state index in [1.54, 1.807) is 0 Å². The average Bonchev–Trinajstić information content (AvgIpc) is 2.46. The Labute approximate surface area is 87.6 Å². The van der Waals surface area contributed by atoms with E-state index in [1.807, 2.05) is 0 Å². The Morgan fingerprint density at radius 3 is 2.73 bits per heavy atom. The van der Waals surface area contributed by atoms with E-state index in [2.05, 4.69) is 4.98 Å². The first kappa shape index (κ1) is 12.0. The van der Waals surface area contributed by atoms with E-state index in [0.29, 0.717) is 10.7 Å². The third-order valence-corrected chi connectivity index (χ3v) is 2.51. The smallest absolute Gasteiger partial charge is 0.389 e. The quantitative estimate of drug-likeness (QED) is 0.876. The van der Waals surface area contributed by atoms with Gasteiger partial charge in [-0.3, -0.25) is 4.79 Å². The van der Waals surface area contributed by atoms with E-state index in [1.165, 1.54) is 5.38 Å². The molecule has 1 aromatic rings. The summed E-state index contributed by atoms with van der Waals surface area (Å²) in [6.45, 7) is 0. The van der Waals surface area contributed by atoms with E-state index in [-0.39, 0.29) is 12.8 Å². The van der Waals surface area contributed by atoms with Crippen molar-refractivity contribution in [3.8, 4) is 0 Å². The molecule has 1 aromatic heterocycles. The van der Waals surface area contributed by atoms with Gasteiger partial charge in [-0.25, -0.2) is 4.98 Å². The third-order valence-electron chi connectivity index (χ3n) is 1.55. The number of aryl methyl sites for hydroxylation is 1. The van der Waals surface area contributed by atoms with Crippen molar-refractivity contribution in [2.75, 3.05) is 0 Å². The number of hydrogen-bond acceptors (Lipinski definition) is 3. The maximum absolute atomic E-state index is 11.8. The summed E-state index contributed by atoms with van der Waals surface area (Å²) < 4.78 is 35.5. The fourth-order valence-electron chi connectivity index (χ4n) is 0.949. The van der Waals surface area contributed by atoms with Crippen LogP contribution in [0.3, 0.4) is 0 Å². The SMILES string of the molecule is O=C(O)Cc1csc(CCC(F)(F)F)n1. The summed E-state index contributed by atoms with van der Waals surface area (Å²) >= 11 is 1.06. The van der Waals surface area contributed by atoms with Gasteiger partial charge in [-0.05, 0) is 0 Å². The number of alkyl halides is 3. The number of rotatable bonds is 4. The van der Waals surface area contributed by atoms with Crippen LogP contribution >= 0.6 is 11.3 Å². The first-order chi connectivity index (χ1) is 6.87. The molecular formula is C8H8F3NO2S. The molecule has 0 aliphatic carbocycles. The van der Waals surface area contributed by atoms with Gasteiger partial charge in [0.1, 0.15) is 0 Å². The van der Waals surface area contributed by atoms with Gasteiger partial charge >= 0.3 is 12.1 Å². The van der Waals surface area contributed by atoms with Gasteiger partial charge in [0, 0.05) is 18.2 Å². The van der Waals surface area contributed by atoms with Crippen LogP contribution in [-0.2, 0) is 17.6 Å². The van der Waals surface area contributed by atoms with Crippen molar-refractivity contribution >= 4 is 17.3 Å². The van der Waals surface area contributed by atoms with Gasteiger partial charge in [-0.2, -0.15) is 13.2 Å². The number of aliphatic carboxylic acids is 1. The maximum atomic E-state index is 11.8. The lowest BCUT2D eigenvalue weighted by molar-refractivity contribution is -0.136. The highest BCUT2D eigenvalue weighted by atomic mass is 32.1. The zero-order chi connectivity index (χ0) is 11.5. The third kappa shape index (κ3) is 4.78. The summed E-state index contributed by atoms with van der Waals surface area (Å²) in [6.07, 6.45) is -5.55. The molecule has 0 aliphatic heterocycles. The van der Waals surface area contributed by atoms with E-state index in [0.717, 1.165) is 11.3 Å². The van der Waals surface area contributed by atoms with Crippen LogP contribution in [0.15, 0.2) is 5.38 Å². The number of halogens is 3. The molecule has 0 amide bonds. The van der Waals surface area contributed by atoms with Gasteiger partial charge in [0.15, 0.2) is 0 Å². The van der Waals surface area contributed by atoms with Crippen LogP contribution in [0, 0.1) is 0 Å². The Morgan fingerprint density at radius 2 is 2.20 bits per heavy atom. The number of aromatic nitrogens is 1. The van der Waals surface area contributed by atoms with E-state index in [4.69, 9.17) is 5.11 Å². The standard InChI is InChI=1S/C8H8F3NO2S/c9-8(10,11)2-1-6-12-5(4-15-6)3-7(13)14/h4H,1-3H2,(H,13,14). The minimum atomic E-state index is -4.20. The van der Waals surface area contributed by atoms with Crippen molar-refractivity contribution in [3.63, 3.8) is 0 Å². The van der Waals surface area contributed by atoms with E-state index in [9.17, 15) is 18.0 Å². The summed E-state index contributed by atoms with van der Waals surface area (Å²) in [7, 11) is 0. The van der Waals surface area contributed by atoms with E-state index < -0.39 is 18.6 Å². The molecule has 1 heterocycles. The van der Waals surface area contributed by atoms with Gasteiger partial charge in [0.25, 0.3) is 0 Å². The summed E-state index contributed by atoms with van der Waals surface area (Å²) in [5.74, 6) is -1.04. The number of carboxylic acid groups (broad SMARTS) is 1. The van der Waals surface area contributed by atoms with Crippen LogP contribution in [0.4, 0.5) is 13.2 Å². The van der Waals surface area contributed by atoms with Gasteiger partial charge < -0.3 is 5.11 Å². The molecule has 0 atom stereocenters. The Morgan fingerprint density at radius 1 is 1.53 bits per heavy atom. The van der Waals surface area contributed by atoms with Gasteiger partial charge in [0.05, 0.1) is 17.1 Å². The van der Waals surface area contributed by atoms with Crippen LogP contribution in [0.2, 0.25) is 0 Å². The zero-order valence-corrected chi connectivity index (χ0v) is 8.36. The molecule has 0 radical (unpaired) electrons. The average molecular weight is 239 g/mol. The van der Waals surface area contributed by atoms with E-state index >= 15 is 0 Å². The number of nitrogens with zero attached hydrogens (tertiary/aromatic N) is 1. The van der Waals surface area contributed by atoms with Gasteiger partial charge in [-0.1, -0.05) is 0 Å². The highest BCUT2D eigenvalue weighted by Gasteiger charge is 2.27. The molecule has 1 N–H and O–H groups in total. The van der Waals surface area contributed by atoms with Crippen molar-refractivity contribution in [1.29, 1.82) is 0 Å². The molecular weight excluding hydrogens is 231 g/mol. The summed E-state index contributed by atoms with van der Waals surface area (Å²) in [5, 5.41) is 10.2. The Kier molecular flexibility index (Phi) is 3.67. The van der Waals surface area contributed by atoms with Crippen molar-refractivity contribution in [1.82, 2.24) is 4.98 Å². The molecule has 0 spiro atoms. The fourth-order valence-corrected chi connectivity index (χ4v) is 1.75. The highest BCUT2D eigenvalue weighted by molar-refractivity contribution is 7.09. The lowest BCUT2D eigenvalue weighted by Gasteiger charge is -2.02. The molecule has 0 aromatic carbocycles. The minimum Gasteiger partial charge on any atom is -0.481 e. The normalized spacial score (nSPS) is 11.7. The molecule has 1 rings (SSSR count). The molecule has 15 heavy (non-hydrogen) atoms. The molecule has 0 unspecified atom stereocenters. The molecule has 0 saturated heterocycles. The van der Waals surface area contributed by atoms with Gasteiger partial charge in [0.2, 0.25) is 0 Å². The lowest BCUT2D eigenvalue weighted by Crippen LogP contribution is -2.08. The molecule has 0 aliphatic rings. The zero-order valence-electron chi connectivity index (χ0n) is 7.54. The monoisotopic (exact) mass is 239 g/mol. The highest BCUT2D eigenvalue weighted by Crippen LogP contribution is 2.23. The fraction of sp³-hybridized carbons (Fsp3) is 0.500. The maximum Gasteiger partial charge on any atom is 0.389 e. The first-order valence-corrected chi connectivity index (χ1v) is 4.96. The number of hydrogen-bond donors (Lipinski definition) is 1. The second-order valence-electron chi connectivity index (χ2n) is 2.92. The predicted molar refractivity (Wildman–Crippen MR) is 47.8 cm³/mol. The summed E-state index contributed by atoms with van der Waals surface area (Å²) in [4.78, 5) is 14.1. The van der Waals surface area contributed by atoms with Crippen molar-refractivity contribution in [2.45, 2.75) is 25.4 Å². The second-order valence-corrected chi connectivity index (χ2v) is 3.86. The molecule has 0 saturated carbocycles. The van der Waals surface area contributed by atoms with Gasteiger partial charge in [-0.15, -0.1) is 11.3 Å². The van der Waals surface area contributed by atoms with Crippen LogP contribution < -0.4 is 0 Å². The number of thiazole rings is 1. The molecule has 7 heteroatoms. The second kappa shape index (κ2) is 4.61. The van der Waals surface area contributed by atoms with Crippen molar-refractivity contribution < 1.29 is 23.1 Å². The Hall–Kier alpha value is -1.11. The minimum absolute atomic E-state index is 0.187. The molecule has 84 valence electrons. The molecule has 3 nitrogen and oxygen atoms in total. The number of carboxylic acids is 1. The summed E-state index contributed by atoms with van der Waals surface area (Å²) in [6, 6.07) is 0.